The topological polar surface area (TPSA) is 105 Å². The number of aromatic nitrogens is 1. The van der Waals surface area contributed by atoms with Gasteiger partial charge in [-0.25, -0.2) is 0 Å². The van der Waals surface area contributed by atoms with Crippen molar-refractivity contribution < 1.29 is 0 Å². The minimum absolute atomic E-state index is 0.444. The summed E-state index contributed by atoms with van der Waals surface area (Å²) < 4.78 is 1.98. The van der Waals surface area contributed by atoms with Crippen LogP contribution in [0.2, 0.25) is 0 Å². The Labute approximate surface area is 129 Å². The van der Waals surface area contributed by atoms with Crippen molar-refractivity contribution in [1.29, 1.82) is 10.5 Å². The molecule has 1 aromatic carbocycles. The van der Waals surface area contributed by atoms with Crippen LogP contribution in [0.4, 0.5) is 0 Å². The molecule has 0 spiro atoms. The van der Waals surface area contributed by atoms with Crippen molar-refractivity contribution >= 4 is 0 Å². The van der Waals surface area contributed by atoms with Crippen LogP contribution in [0.25, 0.3) is 11.1 Å². The number of nitrogens with two attached hydrogens (primary N) is 2. The standard InChI is InChI=1S/C17H17N5/c1-11-16(9-20)17(12(2)22(11)10-15(21)8-19)14-5-3-13(7-18)4-6-14/h3-6,8H,10,19,21H2,1-2H3/b15-8-. The van der Waals surface area contributed by atoms with Gasteiger partial charge in [0.25, 0.3) is 0 Å². The molecule has 5 nitrogen and oxygen atoms in total. The first-order valence-corrected chi connectivity index (χ1v) is 6.80. The van der Waals surface area contributed by atoms with E-state index in [-0.39, 0.29) is 0 Å². The van der Waals surface area contributed by atoms with E-state index in [4.69, 9.17) is 16.7 Å². The second-order valence-corrected chi connectivity index (χ2v) is 5.05. The Morgan fingerprint density at radius 1 is 1.14 bits per heavy atom. The second-order valence-electron chi connectivity index (χ2n) is 5.05. The lowest BCUT2D eigenvalue weighted by Gasteiger charge is -2.09. The van der Waals surface area contributed by atoms with Crippen LogP contribution in [0.3, 0.4) is 0 Å². The van der Waals surface area contributed by atoms with Crippen LogP contribution in [-0.2, 0) is 6.54 Å². The Morgan fingerprint density at radius 2 is 1.77 bits per heavy atom. The number of nitriles is 2. The van der Waals surface area contributed by atoms with Gasteiger partial charge in [-0.05, 0) is 31.5 Å². The highest BCUT2D eigenvalue weighted by atomic mass is 15.0. The molecule has 1 aromatic heterocycles. The fourth-order valence-corrected chi connectivity index (χ4v) is 2.56. The molecule has 0 radical (unpaired) electrons. The summed E-state index contributed by atoms with van der Waals surface area (Å²) in [6, 6.07) is 11.6. The number of benzene rings is 1. The van der Waals surface area contributed by atoms with E-state index < -0.39 is 0 Å². The maximum absolute atomic E-state index is 9.50. The van der Waals surface area contributed by atoms with Crippen LogP contribution in [0.5, 0.6) is 0 Å². The van der Waals surface area contributed by atoms with Gasteiger partial charge in [0, 0.05) is 28.8 Å². The molecule has 0 aliphatic carbocycles. The van der Waals surface area contributed by atoms with E-state index in [2.05, 4.69) is 12.1 Å². The third kappa shape index (κ3) is 2.53. The van der Waals surface area contributed by atoms with Gasteiger partial charge in [-0.3, -0.25) is 0 Å². The van der Waals surface area contributed by atoms with Crippen LogP contribution < -0.4 is 11.5 Å². The molecule has 0 bridgehead atoms. The Morgan fingerprint density at radius 3 is 2.27 bits per heavy atom. The van der Waals surface area contributed by atoms with E-state index in [0.717, 1.165) is 22.5 Å². The molecule has 0 atom stereocenters. The molecule has 110 valence electrons. The molecule has 1 heterocycles. The summed E-state index contributed by atoms with van der Waals surface area (Å²) >= 11 is 0. The first-order valence-electron chi connectivity index (χ1n) is 6.80. The first-order chi connectivity index (χ1) is 10.5. The predicted octanol–water partition coefficient (Wildman–Crippen LogP) is 2.27. The van der Waals surface area contributed by atoms with Gasteiger partial charge in [0.05, 0.1) is 23.7 Å². The number of hydrogen-bond acceptors (Lipinski definition) is 4. The maximum Gasteiger partial charge on any atom is 0.102 e. The summed E-state index contributed by atoms with van der Waals surface area (Å²) in [6.07, 6.45) is 1.37. The fourth-order valence-electron chi connectivity index (χ4n) is 2.56. The lowest BCUT2D eigenvalue weighted by Crippen LogP contribution is -2.12. The van der Waals surface area contributed by atoms with Crippen LogP contribution in [0.15, 0.2) is 36.2 Å². The molecule has 2 rings (SSSR count). The molecule has 5 heteroatoms. The van der Waals surface area contributed by atoms with Crippen molar-refractivity contribution in [3.63, 3.8) is 0 Å². The summed E-state index contributed by atoms with van der Waals surface area (Å²) in [6.45, 7) is 4.28. The van der Waals surface area contributed by atoms with E-state index in [0.29, 0.717) is 23.4 Å². The summed E-state index contributed by atoms with van der Waals surface area (Å²) in [7, 11) is 0. The van der Waals surface area contributed by atoms with Crippen molar-refractivity contribution in [3.8, 4) is 23.3 Å². The van der Waals surface area contributed by atoms with Gasteiger partial charge in [0.15, 0.2) is 0 Å². The van der Waals surface area contributed by atoms with Gasteiger partial charge < -0.3 is 16.0 Å². The van der Waals surface area contributed by atoms with Crippen LogP contribution in [-0.4, -0.2) is 4.57 Å². The first kappa shape index (κ1) is 15.2. The monoisotopic (exact) mass is 291 g/mol. The molecule has 0 aliphatic heterocycles. The Kier molecular flexibility index (Phi) is 4.20. The van der Waals surface area contributed by atoms with Crippen molar-refractivity contribution in [2.24, 2.45) is 11.5 Å². The Bertz CT molecular complexity index is 811. The highest BCUT2D eigenvalue weighted by Crippen LogP contribution is 2.32. The number of hydrogen-bond donors (Lipinski definition) is 2. The molecule has 0 aliphatic rings. The minimum Gasteiger partial charge on any atom is -0.403 e. The smallest absolute Gasteiger partial charge is 0.102 e. The van der Waals surface area contributed by atoms with Crippen LogP contribution in [0.1, 0.15) is 22.5 Å². The van der Waals surface area contributed by atoms with Crippen molar-refractivity contribution in [3.05, 3.63) is 58.7 Å². The normalized spacial score (nSPS) is 11.0. The number of nitrogens with zero attached hydrogens (tertiary/aromatic N) is 3. The third-order valence-electron chi connectivity index (χ3n) is 3.75. The van der Waals surface area contributed by atoms with E-state index in [1.807, 2.05) is 30.5 Å². The number of rotatable bonds is 3. The number of allylic oxidation sites excluding steroid dienone is 1. The van der Waals surface area contributed by atoms with Crippen molar-refractivity contribution in [1.82, 2.24) is 4.57 Å². The van der Waals surface area contributed by atoms with Gasteiger partial charge in [0.1, 0.15) is 6.07 Å². The fraction of sp³-hybridized carbons (Fsp3) is 0.176. The maximum atomic E-state index is 9.50. The molecule has 0 saturated heterocycles. The third-order valence-corrected chi connectivity index (χ3v) is 3.75. The summed E-state index contributed by atoms with van der Waals surface area (Å²) in [4.78, 5) is 0. The lowest BCUT2D eigenvalue weighted by molar-refractivity contribution is 0.729. The van der Waals surface area contributed by atoms with Gasteiger partial charge in [-0.1, -0.05) is 12.1 Å². The Hall–Kier alpha value is -3.18. The molecule has 0 fully saturated rings. The second kappa shape index (κ2) is 6.07. The quantitative estimate of drug-likeness (QED) is 0.904. The SMILES string of the molecule is Cc1c(C#N)c(-c2ccc(C#N)cc2)c(C)n1C/C(N)=C/N. The van der Waals surface area contributed by atoms with Crippen LogP contribution >= 0.6 is 0 Å². The lowest BCUT2D eigenvalue weighted by atomic mass is 10.0. The summed E-state index contributed by atoms with van der Waals surface area (Å²) in [5, 5.41) is 18.4. The van der Waals surface area contributed by atoms with E-state index >= 15 is 0 Å². The molecule has 0 amide bonds. The van der Waals surface area contributed by atoms with E-state index in [1.165, 1.54) is 6.20 Å². The molecule has 0 saturated carbocycles. The zero-order valence-corrected chi connectivity index (χ0v) is 12.6. The van der Waals surface area contributed by atoms with E-state index in [9.17, 15) is 5.26 Å². The largest absolute Gasteiger partial charge is 0.403 e. The molecular weight excluding hydrogens is 274 g/mol. The van der Waals surface area contributed by atoms with Gasteiger partial charge in [-0.2, -0.15) is 10.5 Å². The summed E-state index contributed by atoms with van der Waals surface area (Å²) in [5.41, 5.74) is 16.6. The Balaban J connectivity index is 2.63. The zero-order valence-electron chi connectivity index (χ0n) is 12.6. The average Bonchev–Trinajstić information content (AvgIpc) is 2.78. The highest BCUT2D eigenvalue weighted by Gasteiger charge is 2.19. The average molecular weight is 291 g/mol. The van der Waals surface area contributed by atoms with Crippen molar-refractivity contribution in [2.45, 2.75) is 20.4 Å². The predicted molar refractivity (Wildman–Crippen MR) is 85.2 cm³/mol. The van der Waals surface area contributed by atoms with Gasteiger partial charge in [-0.15, -0.1) is 0 Å². The van der Waals surface area contributed by atoms with E-state index in [1.54, 1.807) is 12.1 Å². The van der Waals surface area contributed by atoms with Crippen molar-refractivity contribution in [2.75, 3.05) is 0 Å². The molecule has 4 N–H and O–H groups in total. The zero-order chi connectivity index (χ0) is 16.3. The van der Waals surface area contributed by atoms with Gasteiger partial charge in [0.2, 0.25) is 0 Å². The van der Waals surface area contributed by atoms with Gasteiger partial charge >= 0.3 is 0 Å². The highest BCUT2D eigenvalue weighted by molar-refractivity contribution is 5.75. The summed E-state index contributed by atoms with van der Waals surface area (Å²) in [5.74, 6) is 0. The molecule has 22 heavy (non-hydrogen) atoms. The molecule has 2 aromatic rings. The molecular formula is C17H17N5. The van der Waals surface area contributed by atoms with Crippen LogP contribution in [0, 0.1) is 36.5 Å². The molecule has 0 unspecified atom stereocenters. The minimum atomic E-state index is 0.444.